The molecule has 122 valence electrons. The zero-order valence-corrected chi connectivity index (χ0v) is 14.9. The first-order chi connectivity index (χ1) is 10.9. The number of hydrogen-bond donors (Lipinski definition) is 1. The number of nitriles is 1. The topological polar surface area (TPSA) is 71.1 Å². The first-order valence-electron chi connectivity index (χ1n) is 7.68. The third-order valence-electron chi connectivity index (χ3n) is 3.51. The summed E-state index contributed by atoms with van der Waals surface area (Å²) in [6.45, 7) is 8.06. The van der Waals surface area contributed by atoms with Gasteiger partial charge in [-0.2, -0.15) is 5.26 Å². The molecule has 0 aliphatic heterocycles. The molecule has 0 fully saturated rings. The number of hydrogen-bond acceptors (Lipinski definition) is 4. The molecule has 0 aliphatic rings. The standard InChI is InChI=1S/C17H23N3O2Si/c1-23(2,3)9-8-22-13-20-11-16(10-18)19-17(20)15-6-4-14(12-21)5-7-15/h4-7,11,21H,8-9,12-13H2,1-3H3. The van der Waals surface area contributed by atoms with Crippen LogP contribution in [0.2, 0.25) is 25.7 Å². The maximum absolute atomic E-state index is 9.12. The summed E-state index contributed by atoms with van der Waals surface area (Å²) >= 11 is 0. The van der Waals surface area contributed by atoms with Crippen LogP contribution >= 0.6 is 0 Å². The van der Waals surface area contributed by atoms with Crippen molar-refractivity contribution >= 4 is 8.07 Å². The summed E-state index contributed by atoms with van der Waals surface area (Å²) in [6.07, 6.45) is 1.71. The molecule has 2 aromatic rings. The average Bonchev–Trinajstić information content (AvgIpc) is 2.94. The lowest BCUT2D eigenvalue weighted by atomic mass is 10.1. The van der Waals surface area contributed by atoms with Gasteiger partial charge in [0.2, 0.25) is 0 Å². The van der Waals surface area contributed by atoms with Gasteiger partial charge >= 0.3 is 0 Å². The summed E-state index contributed by atoms with van der Waals surface area (Å²) in [7, 11) is -1.11. The zero-order valence-electron chi connectivity index (χ0n) is 13.9. The quantitative estimate of drug-likeness (QED) is 0.625. The summed E-state index contributed by atoms with van der Waals surface area (Å²) in [5.41, 5.74) is 2.12. The molecule has 0 spiro atoms. The molecule has 0 unspecified atom stereocenters. The number of aliphatic hydroxyl groups is 1. The Kier molecular flexibility index (Phi) is 5.72. The molecule has 1 heterocycles. The smallest absolute Gasteiger partial charge is 0.159 e. The van der Waals surface area contributed by atoms with E-state index in [0.29, 0.717) is 18.2 Å². The molecule has 1 aromatic carbocycles. The second-order valence-corrected chi connectivity index (χ2v) is 12.4. The second-order valence-electron chi connectivity index (χ2n) is 6.73. The van der Waals surface area contributed by atoms with Gasteiger partial charge in [-0.1, -0.05) is 43.9 Å². The summed E-state index contributed by atoms with van der Waals surface area (Å²) in [6, 6.07) is 10.7. The molecule has 0 atom stereocenters. The molecule has 1 aromatic heterocycles. The number of aromatic nitrogens is 2. The zero-order chi connectivity index (χ0) is 16.9. The van der Waals surface area contributed by atoms with Gasteiger partial charge in [-0.3, -0.25) is 0 Å². The lowest BCUT2D eigenvalue weighted by Gasteiger charge is -2.16. The van der Waals surface area contributed by atoms with E-state index >= 15 is 0 Å². The highest BCUT2D eigenvalue weighted by molar-refractivity contribution is 6.76. The van der Waals surface area contributed by atoms with Gasteiger partial charge < -0.3 is 14.4 Å². The molecule has 6 heteroatoms. The molecular weight excluding hydrogens is 306 g/mol. The fourth-order valence-corrected chi connectivity index (χ4v) is 2.86. The Balaban J connectivity index is 2.12. The third-order valence-corrected chi connectivity index (χ3v) is 5.22. The van der Waals surface area contributed by atoms with Gasteiger partial charge in [0.15, 0.2) is 5.69 Å². The van der Waals surface area contributed by atoms with Crippen molar-refractivity contribution in [3.05, 3.63) is 41.7 Å². The molecule has 0 aliphatic carbocycles. The predicted octanol–water partition coefficient (Wildman–Crippen LogP) is 3.23. The van der Waals surface area contributed by atoms with Crippen LogP contribution in [0.5, 0.6) is 0 Å². The van der Waals surface area contributed by atoms with Gasteiger partial charge in [0.05, 0.1) is 6.61 Å². The maximum Gasteiger partial charge on any atom is 0.159 e. The lowest BCUT2D eigenvalue weighted by Crippen LogP contribution is -2.22. The molecule has 5 nitrogen and oxygen atoms in total. The monoisotopic (exact) mass is 329 g/mol. The highest BCUT2D eigenvalue weighted by Crippen LogP contribution is 2.20. The average molecular weight is 329 g/mol. The van der Waals surface area contributed by atoms with E-state index in [9.17, 15) is 0 Å². The van der Waals surface area contributed by atoms with Crippen LogP contribution in [0.25, 0.3) is 11.4 Å². The van der Waals surface area contributed by atoms with E-state index in [0.717, 1.165) is 23.8 Å². The summed E-state index contributed by atoms with van der Waals surface area (Å²) < 4.78 is 7.63. The molecule has 2 rings (SSSR count). The summed E-state index contributed by atoms with van der Waals surface area (Å²) in [5.74, 6) is 0.707. The van der Waals surface area contributed by atoms with Crippen LogP contribution in [0.4, 0.5) is 0 Å². The highest BCUT2D eigenvalue weighted by atomic mass is 28.3. The van der Waals surface area contributed by atoms with Gasteiger partial charge in [0.1, 0.15) is 18.6 Å². The molecule has 0 amide bonds. The number of nitrogens with zero attached hydrogens (tertiary/aromatic N) is 3. The van der Waals surface area contributed by atoms with Crippen molar-refractivity contribution in [3.8, 4) is 17.5 Å². The summed E-state index contributed by atoms with van der Waals surface area (Å²) in [4.78, 5) is 4.35. The van der Waals surface area contributed by atoms with E-state index in [2.05, 4.69) is 30.7 Å². The van der Waals surface area contributed by atoms with E-state index < -0.39 is 8.07 Å². The molecular formula is C17H23N3O2Si. The van der Waals surface area contributed by atoms with E-state index in [1.54, 1.807) is 6.20 Å². The molecule has 1 N–H and O–H groups in total. The minimum atomic E-state index is -1.11. The first-order valence-corrected chi connectivity index (χ1v) is 11.4. The van der Waals surface area contributed by atoms with Gasteiger partial charge in [-0.25, -0.2) is 4.98 Å². The Morgan fingerprint density at radius 1 is 1.26 bits per heavy atom. The van der Waals surface area contributed by atoms with Gasteiger partial charge in [-0.05, 0) is 11.6 Å². The van der Waals surface area contributed by atoms with Crippen molar-refractivity contribution in [1.82, 2.24) is 9.55 Å². The number of imidazole rings is 1. The van der Waals surface area contributed by atoms with Gasteiger partial charge in [-0.15, -0.1) is 0 Å². The predicted molar refractivity (Wildman–Crippen MR) is 92.4 cm³/mol. The number of benzene rings is 1. The SMILES string of the molecule is C[Si](C)(C)CCOCn1cc(C#N)nc1-c1ccc(CO)cc1. The van der Waals surface area contributed by atoms with Crippen molar-refractivity contribution in [3.63, 3.8) is 0 Å². The van der Waals surface area contributed by atoms with Crippen molar-refractivity contribution in [2.75, 3.05) is 6.61 Å². The molecule has 0 radical (unpaired) electrons. The summed E-state index contributed by atoms with van der Waals surface area (Å²) in [5, 5.41) is 18.2. The van der Waals surface area contributed by atoms with Crippen LogP contribution in [-0.4, -0.2) is 29.3 Å². The molecule has 0 saturated carbocycles. The number of aliphatic hydroxyl groups excluding tert-OH is 1. The van der Waals surface area contributed by atoms with Crippen molar-refractivity contribution in [2.24, 2.45) is 0 Å². The molecule has 0 saturated heterocycles. The second kappa shape index (κ2) is 7.55. The Hall–Kier alpha value is -1.94. The lowest BCUT2D eigenvalue weighted by molar-refractivity contribution is 0.0882. The number of rotatable bonds is 7. The van der Waals surface area contributed by atoms with E-state index in [1.807, 2.05) is 28.8 Å². The highest BCUT2D eigenvalue weighted by Gasteiger charge is 2.13. The largest absolute Gasteiger partial charge is 0.392 e. The van der Waals surface area contributed by atoms with Gasteiger partial charge in [0, 0.05) is 26.4 Å². The first kappa shape index (κ1) is 17.4. The molecule has 0 bridgehead atoms. The maximum atomic E-state index is 9.12. The Morgan fingerprint density at radius 3 is 2.52 bits per heavy atom. The normalized spacial score (nSPS) is 11.4. The fourth-order valence-electron chi connectivity index (χ4n) is 2.10. The Labute approximate surface area is 138 Å². The van der Waals surface area contributed by atoms with Crippen LogP contribution in [0, 0.1) is 11.3 Å². The third kappa shape index (κ3) is 5.03. The van der Waals surface area contributed by atoms with Crippen molar-refractivity contribution in [2.45, 2.75) is 39.0 Å². The number of ether oxygens (including phenoxy) is 1. The van der Waals surface area contributed by atoms with Crippen LogP contribution in [0.3, 0.4) is 0 Å². The molecule has 23 heavy (non-hydrogen) atoms. The Bertz CT molecular complexity index is 681. The van der Waals surface area contributed by atoms with Crippen LogP contribution in [-0.2, 0) is 18.1 Å². The minimum absolute atomic E-state index is 0.0119. The Morgan fingerprint density at radius 2 is 1.96 bits per heavy atom. The van der Waals surface area contributed by atoms with E-state index in [-0.39, 0.29) is 6.61 Å². The van der Waals surface area contributed by atoms with Crippen LogP contribution in [0.15, 0.2) is 30.5 Å². The van der Waals surface area contributed by atoms with E-state index in [1.165, 1.54) is 0 Å². The minimum Gasteiger partial charge on any atom is -0.392 e. The van der Waals surface area contributed by atoms with Crippen molar-refractivity contribution < 1.29 is 9.84 Å². The van der Waals surface area contributed by atoms with E-state index in [4.69, 9.17) is 15.1 Å². The van der Waals surface area contributed by atoms with Gasteiger partial charge in [0.25, 0.3) is 0 Å². The fraction of sp³-hybridized carbons (Fsp3) is 0.412. The van der Waals surface area contributed by atoms with Crippen molar-refractivity contribution in [1.29, 1.82) is 5.26 Å². The van der Waals surface area contributed by atoms with Crippen LogP contribution in [0.1, 0.15) is 11.3 Å². The van der Waals surface area contributed by atoms with Crippen LogP contribution < -0.4 is 0 Å².